The Kier molecular flexibility index (Phi) is 3.22. The first-order valence-corrected chi connectivity index (χ1v) is 5.19. The zero-order chi connectivity index (χ0) is 11.4. The van der Waals surface area contributed by atoms with E-state index in [-0.39, 0.29) is 5.91 Å². The zero-order valence-corrected chi connectivity index (χ0v) is 9.07. The van der Waals surface area contributed by atoms with E-state index < -0.39 is 0 Å². The van der Waals surface area contributed by atoms with Crippen LogP contribution in [-0.4, -0.2) is 11.1 Å². The van der Waals surface area contributed by atoms with Gasteiger partial charge in [0.05, 0.1) is 0 Å². The van der Waals surface area contributed by atoms with Gasteiger partial charge in [0.1, 0.15) is 6.26 Å². The molecule has 0 spiro atoms. The second-order valence-corrected chi connectivity index (χ2v) is 3.44. The van der Waals surface area contributed by atoms with Gasteiger partial charge in [-0.15, -0.1) is 11.6 Å². The largest absolute Gasteiger partial charge is 0.363 e. The quantitative estimate of drug-likeness (QED) is 0.834. The highest BCUT2D eigenvalue weighted by molar-refractivity contribution is 6.17. The first-order chi connectivity index (χ1) is 7.79. The van der Waals surface area contributed by atoms with Gasteiger partial charge >= 0.3 is 0 Å². The molecule has 0 aliphatic heterocycles. The molecular weight excluding hydrogens is 228 g/mol. The Hall–Kier alpha value is -1.81. The number of halogens is 1. The number of anilines is 1. The number of carbonyl (C=O) groups is 1. The van der Waals surface area contributed by atoms with Gasteiger partial charge in [-0.05, 0) is 17.7 Å². The molecule has 2 rings (SSSR count). The molecule has 1 aromatic carbocycles. The Morgan fingerprint density at radius 3 is 2.62 bits per heavy atom. The van der Waals surface area contributed by atoms with E-state index in [1.165, 1.54) is 6.26 Å². The van der Waals surface area contributed by atoms with Gasteiger partial charge in [-0.3, -0.25) is 4.79 Å². The van der Waals surface area contributed by atoms with Crippen LogP contribution in [0.2, 0.25) is 0 Å². The van der Waals surface area contributed by atoms with Crippen molar-refractivity contribution in [3.8, 4) is 0 Å². The Balaban J connectivity index is 2.09. The summed E-state index contributed by atoms with van der Waals surface area (Å²) in [5, 5.41) is 6.19. The van der Waals surface area contributed by atoms with Crippen molar-refractivity contribution in [3.05, 3.63) is 47.7 Å². The number of alkyl halides is 1. The Labute approximate surface area is 97.2 Å². The fourth-order valence-electron chi connectivity index (χ4n) is 1.21. The third-order valence-corrected chi connectivity index (χ3v) is 2.36. The van der Waals surface area contributed by atoms with E-state index in [0.717, 1.165) is 5.56 Å². The van der Waals surface area contributed by atoms with Crippen LogP contribution in [-0.2, 0) is 5.88 Å². The van der Waals surface area contributed by atoms with Crippen LogP contribution in [0, 0.1) is 0 Å². The van der Waals surface area contributed by atoms with Gasteiger partial charge in [-0.1, -0.05) is 17.3 Å². The number of benzene rings is 1. The molecule has 0 aliphatic rings. The summed E-state index contributed by atoms with van der Waals surface area (Å²) < 4.78 is 4.61. The molecule has 0 aliphatic carbocycles. The van der Waals surface area contributed by atoms with E-state index >= 15 is 0 Å². The summed E-state index contributed by atoms with van der Waals surface area (Å²) in [6, 6.07) is 8.63. The number of rotatable bonds is 3. The predicted molar refractivity (Wildman–Crippen MR) is 60.5 cm³/mol. The lowest BCUT2D eigenvalue weighted by Gasteiger charge is -2.01. The molecule has 0 bridgehead atoms. The average Bonchev–Trinajstić information content (AvgIpc) is 2.82. The van der Waals surface area contributed by atoms with Crippen molar-refractivity contribution in [2.75, 3.05) is 5.32 Å². The molecule has 0 unspecified atom stereocenters. The maximum atomic E-state index is 11.7. The SMILES string of the molecule is O=C(Nc1ccon1)c1ccc(CCl)cc1. The summed E-state index contributed by atoms with van der Waals surface area (Å²) in [6.07, 6.45) is 1.40. The van der Waals surface area contributed by atoms with Crippen molar-refractivity contribution in [1.82, 2.24) is 5.16 Å². The standard InChI is InChI=1S/C11H9ClN2O2/c12-7-8-1-3-9(4-2-8)11(15)13-10-5-6-16-14-10/h1-6H,7H2,(H,13,14,15). The van der Waals surface area contributed by atoms with Gasteiger partial charge in [0.2, 0.25) is 0 Å². The minimum Gasteiger partial charge on any atom is -0.363 e. The van der Waals surface area contributed by atoms with Crippen molar-refractivity contribution in [3.63, 3.8) is 0 Å². The van der Waals surface area contributed by atoms with Crippen LogP contribution in [0.1, 0.15) is 15.9 Å². The second-order valence-electron chi connectivity index (χ2n) is 3.17. The molecule has 1 amide bonds. The van der Waals surface area contributed by atoms with Crippen LogP contribution in [0.5, 0.6) is 0 Å². The number of amides is 1. The summed E-state index contributed by atoms with van der Waals surface area (Å²) in [7, 11) is 0. The molecule has 0 radical (unpaired) electrons. The smallest absolute Gasteiger partial charge is 0.256 e. The van der Waals surface area contributed by atoms with E-state index in [2.05, 4.69) is 15.0 Å². The lowest BCUT2D eigenvalue weighted by atomic mass is 10.1. The molecule has 1 heterocycles. The highest BCUT2D eigenvalue weighted by Crippen LogP contribution is 2.09. The Bertz CT molecular complexity index is 465. The first kappa shape index (κ1) is 10.7. The molecule has 82 valence electrons. The van der Waals surface area contributed by atoms with Crippen LogP contribution in [0.15, 0.2) is 41.1 Å². The van der Waals surface area contributed by atoms with Gasteiger partial charge in [0.25, 0.3) is 5.91 Å². The van der Waals surface area contributed by atoms with Crippen LogP contribution in [0.4, 0.5) is 5.82 Å². The average molecular weight is 237 g/mol. The number of hydrogen-bond acceptors (Lipinski definition) is 3. The summed E-state index contributed by atoms with van der Waals surface area (Å²) >= 11 is 5.65. The van der Waals surface area contributed by atoms with Gasteiger partial charge in [0, 0.05) is 17.5 Å². The fourth-order valence-corrected chi connectivity index (χ4v) is 1.39. The Morgan fingerprint density at radius 1 is 1.31 bits per heavy atom. The van der Waals surface area contributed by atoms with Crippen LogP contribution < -0.4 is 5.32 Å². The number of nitrogens with one attached hydrogen (secondary N) is 1. The van der Waals surface area contributed by atoms with Crippen molar-refractivity contribution >= 4 is 23.3 Å². The van der Waals surface area contributed by atoms with E-state index in [0.29, 0.717) is 17.3 Å². The molecule has 2 aromatic rings. The predicted octanol–water partition coefficient (Wildman–Crippen LogP) is 2.67. The van der Waals surface area contributed by atoms with Crippen LogP contribution in [0.3, 0.4) is 0 Å². The molecule has 1 aromatic heterocycles. The van der Waals surface area contributed by atoms with E-state index in [1.54, 1.807) is 18.2 Å². The number of hydrogen-bond donors (Lipinski definition) is 1. The molecule has 4 nitrogen and oxygen atoms in total. The van der Waals surface area contributed by atoms with Crippen molar-refractivity contribution in [2.45, 2.75) is 5.88 Å². The van der Waals surface area contributed by atoms with Gasteiger partial charge in [-0.25, -0.2) is 0 Å². The van der Waals surface area contributed by atoms with Crippen LogP contribution >= 0.6 is 11.6 Å². The second kappa shape index (κ2) is 4.81. The fraction of sp³-hybridized carbons (Fsp3) is 0.0909. The maximum Gasteiger partial charge on any atom is 0.256 e. The molecule has 5 heteroatoms. The van der Waals surface area contributed by atoms with Crippen molar-refractivity contribution in [2.24, 2.45) is 0 Å². The third-order valence-electron chi connectivity index (χ3n) is 2.05. The van der Waals surface area contributed by atoms with E-state index in [1.807, 2.05) is 12.1 Å². The highest BCUT2D eigenvalue weighted by atomic mass is 35.5. The molecule has 0 atom stereocenters. The summed E-state index contributed by atoms with van der Waals surface area (Å²) in [6.45, 7) is 0. The van der Waals surface area contributed by atoms with Gasteiger partial charge in [-0.2, -0.15) is 0 Å². The number of aromatic nitrogens is 1. The minimum absolute atomic E-state index is 0.227. The highest BCUT2D eigenvalue weighted by Gasteiger charge is 2.07. The lowest BCUT2D eigenvalue weighted by Crippen LogP contribution is -2.11. The number of nitrogens with zero attached hydrogens (tertiary/aromatic N) is 1. The van der Waals surface area contributed by atoms with E-state index in [9.17, 15) is 4.79 Å². The van der Waals surface area contributed by atoms with Crippen LogP contribution in [0.25, 0.3) is 0 Å². The van der Waals surface area contributed by atoms with Crippen molar-refractivity contribution in [1.29, 1.82) is 0 Å². The normalized spacial score (nSPS) is 10.1. The van der Waals surface area contributed by atoms with E-state index in [4.69, 9.17) is 11.6 Å². The number of carbonyl (C=O) groups excluding carboxylic acids is 1. The molecule has 1 N–H and O–H groups in total. The molecule has 16 heavy (non-hydrogen) atoms. The monoisotopic (exact) mass is 236 g/mol. The molecular formula is C11H9ClN2O2. The molecule has 0 fully saturated rings. The van der Waals surface area contributed by atoms with Crippen molar-refractivity contribution < 1.29 is 9.32 Å². The van der Waals surface area contributed by atoms with Gasteiger partial charge < -0.3 is 9.84 Å². The maximum absolute atomic E-state index is 11.7. The zero-order valence-electron chi connectivity index (χ0n) is 8.31. The molecule has 0 saturated carbocycles. The third kappa shape index (κ3) is 2.41. The topological polar surface area (TPSA) is 55.1 Å². The first-order valence-electron chi connectivity index (χ1n) is 4.66. The summed E-state index contributed by atoms with van der Waals surface area (Å²) in [5.41, 5.74) is 1.52. The summed E-state index contributed by atoms with van der Waals surface area (Å²) in [4.78, 5) is 11.7. The minimum atomic E-state index is -0.227. The Morgan fingerprint density at radius 2 is 2.06 bits per heavy atom. The summed E-state index contributed by atoms with van der Waals surface area (Å²) in [5.74, 6) is 0.604. The van der Waals surface area contributed by atoms with Gasteiger partial charge in [0.15, 0.2) is 5.82 Å². The molecule has 0 saturated heterocycles. The lowest BCUT2D eigenvalue weighted by molar-refractivity contribution is 0.102.